The van der Waals surface area contributed by atoms with Gasteiger partial charge in [-0.15, -0.1) is 0 Å². The molecule has 0 aromatic heterocycles. The van der Waals surface area contributed by atoms with Gasteiger partial charge in [-0.2, -0.15) is 0 Å². The van der Waals surface area contributed by atoms with Crippen LogP contribution in [0.5, 0.6) is 5.75 Å². The molecule has 2 rings (SSSR count). The first kappa shape index (κ1) is 16.3. The maximum Gasteiger partial charge on any atom is 0.115 e. The highest BCUT2D eigenvalue weighted by Gasteiger charge is 1.96. The fourth-order valence-electron chi connectivity index (χ4n) is 1.81. The summed E-state index contributed by atoms with van der Waals surface area (Å²) in [6.07, 6.45) is 0. The van der Waals surface area contributed by atoms with Crippen molar-refractivity contribution in [2.24, 2.45) is 0 Å². The topological polar surface area (TPSA) is 20.2 Å². The lowest BCUT2D eigenvalue weighted by Gasteiger charge is -2.03. The molecule has 0 aliphatic carbocycles. The lowest BCUT2D eigenvalue weighted by Crippen LogP contribution is -1.85. The van der Waals surface area contributed by atoms with E-state index < -0.39 is 0 Å². The van der Waals surface area contributed by atoms with E-state index in [1.807, 2.05) is 12.1 Å². The van der Waals surface area contributed by atoms with Crippen molar-refractivity contribution >= 4 is 0 Å². The summed E-state index contributed by atoms with van der Waals surface area (Å²) in [5.41, 5.74) is 4.02. The van der Waals surface area contributed by atoms with Crippen LogP contribution in [-0.4, -0.2) is 5.11 Å². The number of rotatable bonds is 2. The molecule has 0 saturated carbocycles. The predicted octanol–water partition coefficient (Wildman–Crippen LogP) is 5.63. The third-order valence-electron chi connectivity index (χ3n) is 3.30. The second kappa shape index (κ2) is 7.74. The van der Waals surface area contributed by atoms with Crippen LogP contribution in [0.15, 0.2) is 48.5 Å². The molecule has 0 spiro atoms. The summed E-state index contributed by atoms with van der Waals surface area (Å²) in [4.78, 5) is 0. The van der Waals surface area contributed by atoms with E-state index in [0.29, 0.717) is 17.6 Å². The molecule has 1 nitrogen and oxygen atoms in total. The van der Waals surface area contributed by atoms with Gasteiger partial charge >= 0.3 is 0 Å². The van der Waals surface area contributed by atoms with Crippen LogP contribution in [0.1, 0.15) is 56.2 Å². The molecule has 0 bridgehead atoms. The Kier molecular flexibility index (Phi) is 6.30. The van der Waals surface area contributed by atoms with Crippen LogP contribution in [0.3, 0.4) is 0 Å². The Labute approximate surface area is 123 Å². The molecule has 1 heteroatoms. The summed E-state index contributed by atoms with van der Waals surface area (Å²) in [5.74, 6) is 1.53. The summed E-state index contributed by atoms with van der Waals surface area (Å²) < 4.78 is 0. The van der Waals surface area contributed by atoms with Crippen LogP contribution in [-0.2, 0) is 0 Å². The SMILES string of the molecule is CC(C)c1ccc(O)cc1.Cc1ccc(C(C)C)cc1. The summed E-state index contributed by atoms with van der Waals surface area (Å²) in [6.45, 7) is 10.8. The largest absolute Gasteiger partial charge is 0.508 e. The van der Waals surface area contributed by atoms with Crippen molar-refractivity contribution in [2.75, 3.05) is 0 Å². The quantitative estimate of drug-likeness (QED) is 0.749. The Balaban J connectivity index is 0.000000200. The molecular formula is C19H26O. The second-order valence-corrected chi connectivity index (χ2v) is 5.81. The molecule has 2 aromatic rings. The average Bonchev–Trinajstić information content (AvgIpc) is 2.40. The first-order chi connectivity index (χ1) is 9.40. The van der Waals surface area contributed by atoms with Gasteiger partial charge in [-0.1, -0.05) is 69.7 Å². The Bertz CT molecular complexity index is 443. The first-order valence-electron chi connectivity index (χ1n) is 7.25. The molecule has 1 N–H and O–H groups in total. The van der Waals surface area contributed by atoms with E-state index in [4.69, 9.17) is 5.11 Å². The van der Waals surface area contributed by atoms with Crippen LogP contribution in [0.2, 0.25) is 0 Å². The van der Waals surface area contributed by atoms with E-state index in [1.165, 1.54) is 16.7 Å². The minimum atomic E-state index is 0.337. The highest BCUT2D eigenvalue weighted by molar-refractivity contribution is 5.27. The van der Waals surface area contributed by atoms with E-state index in [-0.39, 0.29) is 0 Å². The minimum absolute atomic E-state index is 0.337. The second-order valence-electron chi connectivity index (χ2n) is 5.81. The van der Waals surface area contributed by atoms with Gasteiger partial charge in [0.25, 0.3) is 0 Å². The van der Waals surface area contributed by atoms with Crippen LogP contribution in [0, 0.1) is 6.92 Å². The van der Waals surface area contributed by atoms with Gasteiger partial charge < -0.3 is 5.11 Å². The van der Waals surface area contributed by atoms with Crippen LogP contribution >= 0.6 is 0 Å². The molecule has 0 radical (unpaired) electrons. The molecule has 0 atom stereocenters. The van der Waals surface area contributed by atoms with Crippen molar-refractivity contribution in [2.45, 2.75) is 46.5 Å². The standard InChI is InChI=1S/C10H14.C9H12O/c1-8(2)10-6-4-9(3)5-7-10;1-7(2)8-3-5-9(10)6-4-8/h4-8H,1-3H3;3-7,10H,1-2H3. The maximum absolute atomic E-state index is 8.94. The molecule has 0 aliphatic heterocycles. The summed E-state index contributed by atoms with van der Waals surface area (Å²) in [5, 5.41) is 8.94. The highest BCUT2D eigenvalue weighted by Crippen LogP contribution is 2.17. The normalized spacial score (nSPS) is 10.3. The van der Waals surface area contributed by atoms with Gasteiger partial charge in [0.05, 0.1) is 0 Å². The van der Waals surface area contributed by atoms with E-state index in [0.717, 1.165) is 0 Å². The van der Waals surface area contributed by atoms with Crippen molar-refractivity contribution in [3.05, 3.63) is 65.2 Å². The molecule has 0 fully saturated rings. The van der Waals surface area contributed by atoms with E-state index >= 15 is 0 Å². The lowest BCUT2D eigenvalue weighted by molar-refractivity contribution is 0.475. The third kappa shape index (κ3) is 5.48. The van der Waals surface area contributed by atoms with Crippen LogP contribution in [0.25, 0.3) is 0 Å². The van der Waals surface area contributed by atoms with Crippen molar-refractivity contribution < 1.29 is 5.11 Å². The van der Waals surface area contributed by atoms with Gasteiger partial charge in [0.2, 0.25) is 0 Å². The summed E-state index contributed by atoms with van der Waals surface area (Å²) in [6, 6.07) is 16.0. The fraction of sp³-hybridized carbons (Fsp3) is 0.368. The Hall–Kier alpha value is -1.76. The van der Waals surface area contributed by atoms with Crippen molar-refractivity contribution in [1.29, 1.82) is 0 Å². The smallest absolute Gasteiger partial charge is 0.115 e. The zero-order valence-electron chi connectivity index (χ0n) is 13.2. The molecule has 0 heterocycles. The summed E-state index contributed by atoms with van der Waals surface area (Å²) in [7, 11) is 0. The molecule has 108 valence electrons. The molecule has 0 aliphatic rings. The monoisotopic (exact) mass is 270 g/mol. The van der Waals surface area contributed by atoms with Crippen molar-refractivity contribution in [3.8, 4) is 5.75 Å². The number of phenolic OH excluding ortho intramolecular Hbond substituents is 1. The number of benzene rings is 2. The van der Waals surface area contributed by atoms with Gasteiger partial charge in [-0.25, -0.2) is 0 Å². The van der Waals surface area contributed by atoms with Crippen LogP contribution in [0.4, 0.5) is 0 Å². The van der Waals surface area contributed by atoms with Gasteiger partial charge in [0.1, 0.15) is 5.75 Å². The van der Waals surface area contributed by atoms with Gasteiger partial charge in [0, 0.05) is 0 Å². The molecule has 0 amide bonds. The molecule has 0 saturated heterocycles. The van der Waals surface area contributed by atoms with Gasteiger partial charge in [0.15, 0.2) is 0 Å². The molecule has 2 aromatic carbocycles. The third-order valence-corrected chi connectivity index (χ3v) is 3.30. The van der Waals surface area contributed by atoms with Crippen LogP contribution < -0.4 is 0 Å². The van der Waals surface area contributed by atoms with Gasteiger partial charge in [-0.3, -0.25) is 0 Å². The number of phenols is 1. The lowest BCUT2D eigenvalue weighted by atomic mass is 10.0. The van der Waals surface area contributed by atoms with E-state index in [2.05, 4.69) is 58.9 Å². The number of hydrogen-bond acceptors (Lipinski definition) is 1. The highest BCUT2D eigenvalue weighted by atomic mass is 16.3. The van der Waals surface area contributed by atoms with Gasteiger partial charge in [-0.05, 0) is 42.0 Å². The van der Waals surface area contributed by atoms with Crippen molar-refractivity contribution in [1.82, 2.24) is 0 Å². The Morgan fingerprint density at radius 2 is 1.00 bits per heavy atom. The minimum Gasteiger partial charge on any atom is -0.508 e. The predicted molar refractivity (Wildman–Crippen MR) is 87.5 cm³/mol. The number of aryl methyl sites for hydroxylation is 1. The zero-order chi connectivity index (χ0) is 15.1. The average molecular weight is 270 g/mol. The molecule has 20 heavy (non-hydrogen) atoms. The van der Waals surface area contributed by atoms with E-state index in [1.54, 1.807) is 12.1 Å². The van der Waals surface area contributed by atoms with Crippen molar-refractivity contribution in [3.63, 3.8) is 0 Å². The Morgan fingerprint density at radius 3 is 1.35 bits per heavy atom. The molecule has 0 unspecified atom stereocenters. The number of hydrogen-bond donors (Lipinski definition) is 1. The summed E-state index contributed by atoms with van der Waals surface area (Å²) >= 11 is 0. The molecular weight excluding hydrogens is 244 g/mol. The first-order valence-corrected chi connectivity index (χ1v) is 7.25. The zero-order valence-corrected chi connectivity index (χ0v) is 13.2. The fourth-order valence-corrected chi connectivity index (χ4v) is 1.81. The van der Waals surface area contributed by atoms with E-state index in [9.17, 15) is 0 Å². The maximum atomic E-state index is 8.94. The number of aromatic hydroxyl groups is 1. The Morgan fingerprint density at radius 1 is 0.650 bits per heavy atom.